The van der Waals surface area contributed by atoms with Gasteiger partial charge in [0, 0.05) is 13.1 Å². The standard InChI is InChI=1S/C13H17N3O/c1-16-12-6-5-9(17-2)8-11(12)15-13(16)10-4-3-7-14-10/h5-6,8,10,14H,3-4,7H2,1-2H3/t10-/m0/s1. The molecule has 1 fully saturated rings. The molecule has 1 aromatic heterocycles. The van der Waals surface area contributed by atoms with E-state index in [2.05, 4.69) is 23.0 Å². The number of hydrogen-bond acceptors (Lipinski definition) is 3. The van der Waals surface area contributed by atoms with Crippen LogP contribution in [0.25, 0.3) is 11.0 Å². The van der Waals surface area contributed by atoms with Crippen molar-refractivity contribution in [1.82, 2.24) is 14.9 Å². The lowest BCUT2D eigenvalue weighted by molar-refractivity contribution is 0.415. The maximum absolute atomic E-state index is 5.23. The number of aryl methyl sites for hydroxylation is 1. The second-order valence-electron chi connectivity index (χ2n) is 4.53. The van der Waals surface area contributed by atoms with Crippen LogP contribution in [0, 0.1) is 0 Å². The average molecular weight is 231 g/mol. The molecule has 2 aromatic rings. The first-order valence-corrected chi connectivity index (χ1v) is 6.03. The van der Waals surface area contributed by atoms with Crippen molar-refractivity contribution >= 4 is 11.0 Å². The van der Waals surface area contributed by atoms with E-state index in [9.17, 15) is 0 Å². The molecule has 1 N–H and O–H groups in total. The molecule has 3 rings (SSSR count). The van der Waals surface area contributed by atoms with Gasteiger partial charge in [-0.2, -0.15) is 0 Å². The molecule has 1 aromatic carbocycles. The van der Waals surface area contributed by atoms with Gasteiger partial charge >= 0.3 is 0 Å². The van der Waals surface area contributed by atoms with Crippen LogP contribution in [0.4, 0.5) is 0 Å². The highest BCUT2D eigenvalue weighted by atomic mass is 16.5. The Morgan fingerprint density at radius 3 is 3.06 bits per heavy atom. The summed E-state index contributed by atoms with van der Waals surface area (Å²) in [6.07, 6.45) is 2.41. The molecule has 17 heavy (non-hydrogen) atoms. The zero-order valence-corrected chi connectivity index (χ0v) is 10.2. The maximum Gasteiger partial charge on any atom is 0.126 e. The highest BCUT2D eigenvalue weighted by Gasteiger charge is 2.21. The number of fused-ring (bicyclic) bond motifs is 1. The van der Waals surface area contributed by atoms with Crippen molar-refractivity contribution in [2.45, 2.75) is 18.9 Å². The summed E-state index contributed by atoms with van der Waals surface area (Å²) < 4.78 is 7.41. The topological polar surface area (TPSA) is 39.1 Å². The third-order valence-corrected chi connectivity index (χ3v) is 3.49. The minimum atomic E-state index is 0.401. The third kappa shape index (κ3) is 1.69. The summed E-state index contributed by atoms with van der Waals surface area (Å²) in [5.41, 5.74) is 2.17. The SMILES string of the molecule is COc1ccc2c(c1)nc([C@@H]1CCCN1)n2C. The monoisotopic (exact) mass is 231 g/mol. The lowest BCUT2D eigenvalue weighted by Gasteiger charge is -2.09. The van der Waals surface area contributed by atoms with Crippen LogP contribution >= 0.6 is 0 Å². The van der Waals surface area contributed by atoms with Gasteiger partial charge in [-0.15, -0.1) is 0 Å². The normalized spacial score (nSPS) is 20.0. The van der Waals surface area contributed by atoms with E-state index in [0.29, 0.717) is 6.04 Å². The summed E-state index contributed by atoms with van der Waals surface area (Å²) in [4.78, 5) is 4.72. The fourth-order valence-electron chi connectivity index (χ4n) is 2.54. The van der Waals surface area contributed by atoms with Gasteiger partial charge in [0.05, 0.1) is 24.2 Å². The van der Waals surface area contributed by atoms with Gasteiger partial charge in [-0.3, -0.25) is 0 Å². The van der Waals surface area contributed by atoms with Crippen molar-refractivity contribution in [2.75, 3.05) is 13.7 Å². The number of nitrogens with one attached hydrogen (secondary N) is 1. The minimum Gasteiger partial charge on any atom is -0.497 e. The Morgan fingerprint density at radius 2 is 2.35 bits per heavy atom. The summed E-state index contributed by atoms with van der Waals surface area (Å²) in [5.74, 6) is 1.99. The van der Waals surface area contributed by atoms with Gasteiger partial charge in [0.2, 0.25) is 0 Å². The number of rotatable bonds is 2. The number of ether oxygens (including phenoxy) is 1. The Labute approximate surface area is 101 Å². The number of hydrogen-bond donors (Lipinski definition) is 1. The average Bonchev–Trinajstić information content (AvgIpc) is 2.97. The Balaban J connectivity index is 2.10. The zero-order valence-electron chi connectivity index (χ0n) is 10.2. The van der Waals surface area contributed by atoms with Crippen LogP contribution in [0.2, 0.25) is 0 Å². The summed E-state index contributed by atoms with van der Waals surface area (Å²) in [6.45, 7) is 1.09. The van der Waals surface area contributed by atoms with Gasteiger partial charge in [-0.25, -0.2) is 4.98 Å². The first-order chi connectivity index (χ1) is 8.29. The molecule has 0 aliphatic carbocycles. The van der Waals surface area contributed by atoms with E-state index in [1.54, 1.807) is 7.11 Å². The molecule has 1 aliphatic rings. The number of imidazole rings is 1. The molecule has 1 aliphatic heterocycles. The fourth-order valence-corrected chi connectivity index (χ4v) is 2.54. The highest BCUT2D eigenvalue weighted by Crippen LogP contribution is 2.27. The van der Waals surface area contributed by atoms with Crippen molar-refractivity contribution < 1.29 is 4.74 Å². The van der Waals surface area contributed by atoms with E-state index in [1.807, 2.05) is 12.1 Å². The van der Waals surface area contributed by atoms with Crippen molar-refractivity contribution in [2.24, 2.45) is 7.05 Å². The minimum absolute atomic E-state index is 0.401. The van der Waals surface area contributed by atoms with E-state index in [4.69, 9.17) is 9.72 Å². The van der Waals surface area contributed by atoms with Crippen molar-refractivity contribution in [3.8, 4) is 5.75 Å². The first-order valence-electron chi connectivity index (χ1n) is 6.03. The van der Waals surface area contributed by atoms with E-state index < -0.39 is 0 Å². The van der Waals surface area contributed by atoms with Gasteiger partial charge in [-0.1, -0.05) is 0 Å². The molecular weight excluding hydrogens is 214 g/mol. The highest BCUT2D eigenvalue weighted by molar-refractivity contribution is 5.77. The smallest absolute Gasteiger partial charge is 0.126 e. The van der Waals surface area contributed by atoms with Gasteiger partial charge < -0.3 is 14.6 Å². The molecule has 0 spiro atoms. The van der Waals surface area contributed by atoms with Gasteiger partial charge in [0.1, 0.15) is 11.6 Å². The lowest BCUT2D eigenvalue weighted by Crippen LogP contribution is -2.16. The molecular formula is C13H17N3O. The molecule has 0 unspecified atom stereocenters. The van der Waals surface area contributed by atoms with Gasteiger partial charge in [0.25, 0.3) is 0 Å². The Bertz CT molecular complexity index is 541. The summed E-state index contributed by atoms with van der Waals surface area (Å²) in [5, 5.41) is 3.49. The van der Waals surface area contributed by atoms with Crippen LogP contribution in [0.15, 0.2) is 18.2 Å². The molecule has 4 nitrogen and oxygen atoms in total. The second-order valence-corrected chi connectivity index (χ2v) is 4.53. The Kier molecular flexibility index (Phi) is 2.52. The molecule has 90 valence electrons. The maximum atomic E-state index is 5.23. The number of nitrogens with zero attached hydrogens (tertiary/aromatic N) is 2. The molecule has 4 heteroatoms. The molecule has 1 saturated heterocycles. The van der Waals surface area contributed by atoms with Crippen molar-refractivity contribution in [3.63, 3.8) is 0 Å². The van der Waals surface area contributed by atoms with E-state index in [-0.39, 0.29) is 0 Å². The Morgan fingerprint density at radius 1 is 1.47 bits per heavy atom. The molecule has 0 radical (unpaired) electrons. The predicted octanol–water partition coefficient (Wildman–Crippen LogP) is 2.01. The summed E-state index contributed by atoms with van der Waals surface area (Å²) in [6, 6.07) is 6.45. The third-order valence-electron chi connectivity index (χ3n) is 3.49. The zero-order chi connectivity index (χ0) is 11.8. The van der Waals surface area contributed by atoms with E-state index in [0.717, 1.165) is 29.2 Å². The lowest BCUT2D eigenvalue weighted by atomic mass is 10.2. The predicted molar refractivity (Wildman–Crippen MR) is 67.2 cm³/mol. The van der Waals surface area contributed by atoms with Crippen LogP contribution < -0.4 is 10.1 Å². The van der Waals surface area contributed by atoms with Crippen molar-refractivity contribution in [3.05, 3.63) is 24.0 Å². The van der Waals surface area contributed by atoms with Crippen LogP contribution in [-0.2, 0) is 7.05 Å². The molecule has 2 heterocycles. The summed E-state index contributed by atoms with van der Waals surface area (Å²) >= 11 is 0. The molecule has 0 bridgehead atoms. The number of benzene rings is 1. The van der Waals surface area contributed by atoms with Crippen LogP contribution in [0.5, 0.6) is 5.75 Å². The first kappa shape index (κ1) is 10.6. The largest absolute Gasteiger partial charge is 0.497 e. The van der Waals surface area contributed by atoms with E-state index >= 15 is 0 Å². The van der Waals surface area contributed by atoms with E-state index in [1.165, 1.54) is 12.8 Å². The van der Waals surface area contributed by atoms with Crippen LogP contribution in [0.1, 0.15) is 24.7 Å². The second kappa shape index (κ2) is 4.04. The molecule has 0 amide bonds. The Hall–Kier alpha value is -1.55. The van der Waals surface area contributed by atoms with Crippen molar-refractivity contribution in [1.29, 1.82) is 0 Å². The number of methoxy groups -OCH3 is 1. The van der Waals surface area contributed by atoms with Crippen LogP contribution in [0.3, 0.4) is 0 Å². The van der Waals surface area contributed by atoms with Gasteiger partial charge in [0.15, 0.2) is 0 Å². The quantitative estimate of drug-likeness (QED) is 0.859. The van der Waals surface area contributed by atoms with Gasteiger partial charge in [-0.05, 0) is 31.5 Å². The fraction of sp³-hybridized carbons (Fsp3) is 0.462. The molecule has 1 atom stereocenters. The molecule has 0 saturated carbocycles. The number of aromatic nitrogens is 2. The van der Waals surface area contributed by atoms with Crippen LogP contribution in [-0.4, -0.2) is 23.2 Å². The summed E-state index contributed by atoms with van der Waals surface area (Å²) in [7, 11) is 3.76.